The Kier molecular flexibility index (Phi) is 5.45. The molecule has 0 radical (unpaired) electrons. The molecule has 3 amide bonds. The van der Waals surface area contributed by atoms with Crippen molar-refractivity contribution >= 4 is 17.7 Å². The summed E-state index contributed by atoms with van der Waals surface area (Å²) in [6, 6.07) is 5.19. The normalized spacial score (nSPS) is 18.5. The summed E-state index contributed by atoms with van der Waals surface area (Å²) in [7, 11) is 0. The predicted octanol–water partition coefficient (Wildman–Crippen LogP) is 1.30. The monoisotopic (exact) mass is 349 g/mol. The summed E-state index contributed by atoms with van der Waals surface area (Å²) < 4.78 is 13.3. The highest BCUT2D eigenvalue weighted by Crippen LogP contribution is 2.16. The molecule has 1 aliphatic rings. The van der Waals surface area contributed by atoms with E-state index < -0.39 is 11.6 Å². The molecule has 1 heterocycles. The van der Waals surface area contributed by atoms with Gasteiger partial charge in [0.05, 0.1) is 0 Å². The van der Waals surface area contributed by atoms with Gasteiger partial charge in [0.25, 0.3) is 0 Å². The molecule has 1 saturated heterocycles. The Morgan fingerprint density at radius 2 is 2.00 bits per heavy atom. The lowest BCUT2D eigenvalue weighted by molar-refractivity contribution is -0.157. The molecule has 1 aliphatic heterocycles. The molecule has 1 aromatic rings. The maximum absolute atomic E-state index is 13.3. The van der Waals surface area contributed by atoms with E-state index in [1.54, 1.807) is 19.1 Å². The average molecular weight is 349 g/mol. The maximum atomic E-state index is 13.3. The van der Waals surface area contributed by atoms with Crippen molar-refractivity contribution in [2.75, 3.05) is 13.1 Å². The second kappa shape index (κ2) is 7.21. The van der Waals surface area contributed by atoms with Gasteiger partial charge in [0, 0.05) is 12.1 Å². The number of hydrogen-bond donors (Lipinski definition) is 1. The van der Waals surface area contributed by atoms with Crippen LogP contribution in [0.1, 0.15) is 33.3 Å². The van der Waals surface area contributed by atoms with Gasteiger partial charge in [-0.1, -0.05) is 12.1 Å². The second-order valence-corrected chi connectivity index (χ2v) is 7.32. The predicted molar refractivity (Wildman–Crippen MR) is 90.9 cm³/mol. The number of carbonyl (C=O) groups is 3. The van der Waals surface area contributed by atoms with E-state index in [0.717, 1.165) is 0 Å². The first kappa shape index (κ1) is 18.9. The zero-order valence-corrected chi connectivity index (χ0v) is 15.0. The molecular formula is C18H24FN3O3. The smallest absolute Gasteiger partial charge is 0.245 e. The summed E-state index contributed by atoms with van der Waals surface area (Å²) in [4.78, 5) is 39.7. The van der Waals surface area contributed by atoms with Crippen LogP contribution < -0.4 is 5.32 Å². The zero-order valence-electron chi connectivity index (χ0n) is 15.0. The van der Waals surface area contributed by atoms with E-state index in [1.807, 2.05) is 20.8 Å². The van der Waals surface area contributed by atoms with Crippen LogP contribution in [0.25, 0.3) is 0 Å². The maximum Gasteiger partial charge on any atom is 0.245 e. The van der Waals surface area contributed by atoms with Crippen molar-refractivity contribution < 1.29 is 18.8 Å². The van der Waals surface area contributed by atoms with E-state index in [-0.39, 0.29) is 43.2 Å². The van der Waals surface area contributed by atoms with Crippen molar-refractivity contribution in [3.63, 3.8) is 0 Å². The van der Waals surface area contributed by atoms with E-state index >= 15 is 0 Å². The van der Waals surface area contributed by atoms with Crippen LogP contribution in [0, 0.1) is 5.82 Å². The second-order valence-electron chi connectivity index (χ2n) is 7.32. The van der Waals surface area contributed by atoms with E-state index in [2.05, 4.69) is 5.32 Å². The first-order valence-electron chi connectivity index (χ1n) is 8.20. The molecule has 0 aliphatic carbocycles. The third-order valence-corrected chi connectivity index (χ3v) is 3.87. The number of hydrogen-bond acceptors (Lipinski definition) is 3. The van der Waals surface area contributed by atoms with Crippen LogP contribution in [0.15, 0.2) is 24.3 Å². The molecule has 0 saturated carbocycles. The van der Waals surface area contributed by atoms with Gasteiger partial charge in [-0.25, -0.2) is 4.39 Å². The molecule has 1 atom stereocenters. The van der Waals surface area contributed by atoms with Crippen LogP contribution in [0.3, 0.4) is 0 Å². The van der Waals surface area contributed by atoms with E-state index in [9.17, 15) is 18.8 Å². The van der Waals surface area contributed by atoms with Gasteiger partial charge in [0.15, 0.2) is 0 Å². The first-order valence-corrected chi connectivity index (χ1v) is 8.20. The van der Waals surface area contributed by atoms with Gasteiger partial charge in [-0.15, -0.1) is 0 Å². The third kappa shape index (κ3) is 5.01. The van der Waals surface area contributed by atoms with Crippen molar-refractivity contribution in [1.82, 2.24) is 15.1 Å². The molecule has 0 spiro atoms. The molecule has 1 fully saturated rings. The highest BCUT2D eigenvalue weighted by Gasteiger charge is 2.37. The highest BCUT2D eigenvalue weighted by molar-refractivity contribution is 5.96. The van der Waals surface area contributed by atoms with Crippen molar-refractivity contribution in [2.24, 2.45) is 0 Å². The van der Waals surface area contributed by atoms with Crippen molar-refractivity contribution in [1.29, 1.82) is 0 Å². The summed E-state index contributed by atoms with van der Waals surface area (Å²) in [5.74, 6) is -1.25. The molecule has 0 unspecified atom stereocenters. The van der Waals surface area contributed by atoms with Crippen LogP contribution >= 0.6 is 0 Å². The topological polar surface area (TPSA) is 69.7 Å². The zero-order chi connectivity index (χ0) is 18.8. The minimum atomic E-state index is -0.736. The molecular weight excluding hydrogens is 325 g/mol. The molecule has 0 aromatic heterocycles. The Balaban J connectivity index is 2.04. The number of halogens is 1. The number of rotatable bonds is 4. The standard InChI is InChI=1S/C18H24FN3O3/c1-12-17(25)21(9-13-6-5-7-14(19)8-13)11-16(24)22(12)10-15(23)20-18(2,3)4/h5-8,12H,9-11H2,1-4H3,(H,20,23)/t12-/m0/s1. The van der Waals surface area contributed by atoms with Gasteiger partial charge in [-0.05, 0) is 45.4 Å². The average Bonchev–Trinajstić information content (AvgIpc) is 2.47. The first-order chi connectivity index (χ1) is 11.6. The van der Waals surface area contributed by atoms with Gasteiger partial charge in [0.2, 0.25) is 17.7 Å². The number of nitrogens with one attached hydrogen (secondary N) is 1. The SMILES string of the molecule is C[C@H]1C(=O)N(Cc2cccc(F)c2)CC(=O)N1CC(=O)NC(C)(C)C. The quantitative estimate of drug-likeness (QED) is 0.891. The third-order valence-electron chi connectivity index (χ3n) is 3.87. The molecule has 0 bridgehead atoms. The van der Waals surface area contributed by atoms with Crippen LogP contribution in [0.2, 0.25) is 0 Å². The highest BCUT2D eigenvalue weighted by atomic mass is 19.1. The summed E-state index contributed by atoms with van der Waals surface area (Å²) in [5, 5.41) is 2.78. The van der Waals surface area contributed by atoms with Gasteiger partial charge in [-0.3, -0.25) is 14.4 Å². The Bertz CT molecular complexity index is 684. The number of carbonyl (C=O) groups excluding carboxylic acids is 3. The summed E-state index contributed by atoms with van der Waals surface area (Å²) in [5.41, 5.74) is 0.208. The van der Waals surface area contributed by atoms with Crippen molar-refractivity contribution in [3.05, 3.63) is 35.6 Å². The largest absolute Gasteiger partial charge is 0.350 e. The Labute approximate surface area is 147 Å². The van der Waals surface area contributed by atoms with Crippen molar-refractivity contribution in [3.8, 4) is 0 Å². The minimum Gasteiger partial charge on any atom is -0.350 e. The Hall–Kier alpha value is -2.44. The van der Waals surface area contributed by atoms with Crippen LogP contribution in [-0.4, -0.2) is 52.2 Å². The molecule has 136 valence electrons. The van der Waals surface area contributed by atoms with E-state index in [4.69, 9.17) is 0 Å². The fourth-order valence-corrected chi connectivity index (χ4v) is 2.77. The lowest BCUT2D eigenvalue weighted by Crippen LogP contribution is -2.60. The molecule has 7 heteroatoms. The molecule has 1 N–H and O–H groups in total. The summed E-state index contributed by atoms with van der Waals surface area (Å²) >= 11 is 0. The van der Waals surface area contributed by atoms with Crippen molar-refractivity contribution in [2.45, 2.75) is 45.8 Å². The molecule has 6 nitrogen and oxygen atoms in total. The molecule has 2 rings (SSSR count). The number of benzene rings is 1. The fraction of sp³-hybridized carbons (Fsp3) is 0.500. The Morgan fingerprint density at radius 3 is 2.60 bits per heavy atom. The number of piperazine rings is 1. The van der Waals surface area contributed by atoms with Crippen LogP contribution in [0.4, 0.5) is 4.39 Å². The van der Waals surface area contributed by atoms with E-state index in [0.29, 0.717) is 5.56 Å². The number of nitrogens with zero attached hydrogens (tertiary/aromatic N) is 2. The van der Waals surface area contributed by atoms with Gasteiger partial charge < -0.3 is 15.1 Å². The lowest BCUT2D eigenvalue weighted by Gasteiger charge is -2.38. The van der Waals surface area contributed by atoms with Crippen LogP contribution in [-0.2, 0) is 20.9 Å². The Morgan fingerprint density at radius 1 is 1.32 bits per heavy atom. The summed E-state index contributed by atoms with van der Waals surface area (Å²) in [6.45, 7) is 7.02. The van der Waals surface area contributed by atoms with Gasteiger partial charge in [0.1, 0.15) is 24.9 Å². The fourth-order valence-electron chi connectivity index (χ4n) is 2.77. The van der Waals surface area contributed by atoms with Gasteiger partial charge >= 0.3 is 0 Å². The lowest BCUT2D eigenvalue weighted by atomic mass is 10.1. The van der Waals surface area contributed by atoms with E-state index in [1.165, 1.54) is 21.9 Å². The number of amides is 3. The molecule has 1 aromatic carbocycles. The summed E-state index contributed by atoms with van der Waals surface area (Å²) in [6.07, 6.45) is 0. The molecule has 25 heavy (non-hydrogen) atoms. The van der Waals surface area contributed by atoms with Crippen LogP contribution in [0.5, 0.6) is 0 Å². The van der Waals surface area contributed by atoms with Gasteiger partial charge in [-0.2, -0.15) is 0 Å². The minimum absolute atomic E-state index is 0.123.